The highest BCUT2D eigenvalue weighted by molar-refractivity contribution is 6.03. The number of halogens is 1. The lowest BCUT2D eigenvalue weighted by Gasteiger charge is -2.08. The van der Waals surface area contributed by atoms with Crippen LogP contribution in [0.1, 0.15) is 16.1 Å². The molecule has 2 heterocycles. The summed E-state index contributed by atoms with van der Waals surface area (Å²) in [4.78, 5) is 20.1. The van der Waals surface area contributed by atoms with Crippen LogP contribution in [-0.4, -0.2) is 20.4 Å². The van der Waals surface area contributed by atoms with Crippen LogP contribution in [0.3, 0.4) is 0 Å². The van der Waals surface area contributed by atoms with Crippen molar-refractivity contribution in [1.29, 1.82) is 0 Å². The SMILES string of the molecule is O=C(Nc1ccc2c(ccn2Cc2ccc(F)cc2)c1)c1cnccn1. The zero-order chi connectivity index (χ0) is 17.9. The van der Waals surface area contributed by atoms with Crippen molar-refractivity contribution in [1.82, 2.24) is 14.5 Å². The van der Waals surface area contributed by atoms with Gasteiger partial charge in [-0.1, -0.05) is 12.1 Å². The van der Waals surface area contributed by atoms with Crippen molar-refractivity contribution in [3.05, 3.63) is 90.4 Å². The molecule has 0 saturated heterocycles. The topological polar surface area (TPSA) is 59.8 Å². The minimum atomic E-state index is -0.303. The summed E-state index contributed by atoms with van der Waals surface area (Å²) in [5, 5.41) is 3.83. The van der Waals surface area contributed by atoms with Gasteiger partial charge in [-0.3, -0.25) is 9.78 Å². The second-order valence-electron chi connectivity index (χ2n) is 5.89. The highest BCUT2D eigenvalue weighted by Gasteiger charge is 2.09. The number of rotatable bonds is 4. The smallest absolute Gasteiger partial charge is 0.275 e. The third kappa shape index (κ3) is 3.30. The molecule has 0 aliphatic rings. The second-order valence-corrected chi connectivity index (χ2v) is 5.89. The molecule has 0 radical (unpaired) electrons. The van der Waals surface area contributed by atoms with E-state index in [0.29, 0.717) is 12.2 Å². The Morgan fingerprint density at radius 3 is 2.69 bits per heavy atom. The first-order valence-electron chi connectivity index (χ1n) is 8.10. The molecule has 2 aromatic carbocycles. The number of carbonyl (C=O) groups excluding carboxylic acids is 1. The van der Waals surface area contributed by atoms with E-state index >= 15 is 0 Å². The van der Waals surface area contributed by atoms with E-state index in [1.807, 2.05) is 30.5 Å². The molecule has 1 N–H and O–H groups in total. The molecule has 0 aliphatic heterocycles. The van der Waals surface area contributed by atoms with Gasteiger partial charge in [0.1, 0.15) is 11.5 Å². The van der Waals surface area contributed by atoms with Crippen molar-refractivity contribution < 1.29 is 9.18 Å². The number of carbonyl (C=O) groups is 1. The molecule has 26 heavy (non-hydrogen) atoms. The molecule has 0 atom stereocenters. The van der Waals surface area contributed by atoms with Crippen LogP contribution in [0.2, 0.25) is 0 Å². The van der Waals surface area contributed by atoms with Crippen molar-refractivity contribution >= 4 is 22.5 Å². The number of nitrogens with one attached hydrogen (secondary N) is 1. The van der Waals surface area contributed by atoms with E-state index in [0.717, 1.165) is 16.5 Å². The fraction of sp³-hybridized carbons (Fsp3) is 0.0500. The zero-order valence-corrected chi connectivity index (χ0v) is 13.8. The summed E-state index contributed by atoms with van der Waals surface area (Å²) in [6.45, 7) is 0.648. The molecule has 0 fully saturated rings. The van der Waals surface area contributed by atoms with E-state index in [2.05, 4.69) is 19.9 Å². The van der Waals surface area contributed by atoms with Gasteiger partial charge in [-0.2, -0.15) is 0 Å². The largest absolute Gasteiger partial charge is 0.343 e. The Balaban J connectivity index is 1.55. The van der Waals surface area contributed by atoms with Gasteiger partial charge >= 0.3 is 0 Å². The van der Waals surface area contributed by atoms with Gasteiger partial charge in [-0.05, 0) is 42.0 Å². The van der Waals surface area contributed by atoms with Gasteiger partial charge in [0, 0.05) is 41.7 Å². The quantitative estimate of drug-likeness (QED) is 0.610. The Labute approximate surface area is 149 Å². The molecule has 5 nitrogen and oxygen atoms in total. The summed E-state index contributed by atoms with van der Waals surface area (Å²) in [6.07, 6.45) is 6.40. The molecule has 128 valence electrons. The molecule has 2 aromatic heterocycles. The molecule has 0 spiro atoms. The lowest BCUT2D eigenvalue weighted by molar-refractivity contribution is 0.102. The molecule has 0 saturated carbocycles. The third-order valence-electron chi connectivity index (χ3n) is 4.09. The number of fused-ring (bicyclic) bond motifs is 1. The second kappa shape index (κ2) is 6.76. The van der Waals surface area contributed by atoms with Crippen LogP contribution in [-0.2, 0) is 6.54 Å². The lowest BCUT2D eigenvalue weighted by Crippen LogP contribution is -2.13. The van der Waals surface area contributed by atoms with Crippen molar-refractivity contribution in [2.75, 3.05) is 5.32 Å². The highest BCUT2D eigenvalue weighted by atomic mass is 19.1. The van der Waals surface area contributed by atoms with Crippen LogP contribution < -0.4 is 5.32 Å². The summed E-state index contributed by atoms with van der Waals surface area (Å²) in [5.74, 6) is -0.544. The van der Waals surface area contributed by atoms with Crippen LogP contribution >= 0.6 is 0 Å². The molecule has 4 rings (SSSR count). The highest BCUT2D eigenvalue weighted by Crippen LogP contribution is 2.22. The van der Waals surface area contributed by atoms with E-state index in [1.165, 1.54) is 30.7 Å². The first kappa shape index (κ1) is 16.0. The maximum Gasteiger partial charge on any atom is 0.275 e. The van der Waals surface area contributed by atoms with Crippen LogP contribution in [0.5, 0.6) is 0 Å². The molecule has 4 aromatic rings. The minimum absolute atomic E-state index is 0.241. The number of hydrogen-bond acceptors (Lipinski definition) is 3. The fourth-order valence-corrected chi connectivity index (χ4v) is 2.81. The molecular formula is C20H15FN4O. The number of hydrogen-bond donors (Lipinski definition) is 1. The first-order chi connectivity index (χ1) is 12.7. The van der Waals surface area contributed by atoms with E-state index in [9.17, 15) is 9.18 Å². The maximum absolute atomic E-state index is 13.0. The monoisotopic (exact) mass is 346 g/mol. The summed E-state index contributed by atoms with van der Waals surface area (Å²) in [7, 11) is 0. The average Bonchev–Trinajstić information content (AvgIpc) is 3.06. The van der Waals surface area contributed by atoms with Crippen molar-refractivity contribution in [3.63, 3.8) is 0 Å². The fourth-order valence-electron chi connectivity index (χ4n) is 2.81. The minimum Gasteiger partial charge on any atom is -0.343 e. The third-order valence-corrected chi connectivity index (χ3v) is 4.09. The van der Waals surface area contributed by atoms with Gasteiger partial charge in [-0.15, -0.1) is 0 Å². The number of nitrogens with zero attached hydrogens (tertiary/aromatic N) is 3. The Morgan fingerprint density at radius 2 is 1.92 bits per heavy atom. The van der Waals surface area contributed by atoms with Gasteiger partial charge in [0.2, 0.25) is 0 Å². The van der Waals surface area contributed by atoms with E-state index < -0.39 is 0 Å². The Bertz CT molecular complexity index is 1060. The van der Waals surface area contributed by atoms with Crippen LogP contribution in [0.4, 0.5) is 10.1 Å². The molecule has 0 aliphatic carbocycles. The molecule has 1 amide bonds. The molecular weight excluding hydrogens is 331 g/mol. The van der Waals surface area contributed by atoms with Crippen molar-refractivity contribution in [3.8, 4) is 0 Å². The number of benzene rings is 2. The molecule has 0 unspecified atom stereocenters. The van der Waals surface area contributed by atoms with Crippen LogP contribution in [0.25, 0.3) is 10.9 Å². The van der Waals surface area contributed by atoms with Gasteiger partial charge in [0.25, 0.3) is 5.91 Å². The van der Waals surface area contributed by atoms with Crippen molar-refractivity contribution in [2.24, 2.45) is 0 Å². The number of anilines is 1. The van der Waals surface area contributed by atoms with Gasteiger partial charge in [0.05, 0.1) is 6.20 Å². The predicted octanol–water partition coefficient (Wildman–Crippen LogP) is 3.87. The van der Waals surface area contributed by atoms with Crippen LogP contribution in [0.15, 0.2) is 73.3 Å². The van der Waals surface area contributed by atoms with Crippen molar-refractivity contribution in [2.45, 2.75) is 6.54 Å². The molecule has 6 heteroatoms. The Morgan fingerprint density at radius 1 is 1.08 bits per heavy atom. The van der Waals surface area contributed by atoms with Gasteiger partial charge < -0.3 is 9.88 Å². The normalized spacial score (nSPS) is 10.8. The summed E-state index contributed by atoms with van der Waals surface area (Å²) < 4.78 is 15.1. The summed E-state index contributed by atoms with van der Waals surface area (Å²) >= 11 is 0. The zero-order valence-electron chi connectivity index (χ0n) is 13.8. The summed E-state index contributed by atoms with van der Waals surface area (Å²) in [6, 6.07) is 14.2. The average molecular weight is 346 g/mol. The Hall–Kier alpha value is -3.54. The maximum atomic E-state index is 13.0. The Kier molecular flexibility index (Phi) is 4.15. The van der Waals surface area contributed by atoms with E-state index in [-0.39, 0.29) is 17.4 Å². The predicted molar refractivity (Wildman–Crippen MR) is 97.4 cm³/mol. The van der Waals surface area contributed by atoms with Gasteiger partial charge in [0.15, 0.2) is 0 Å². The lowest BCUT2D eigenvalue weighted by atomic mass is 10.2. The van der Waals surface area contributed by atoms with E-state index in [1.54, 1.807) is 12.1 Å². The van der Waals surface area contributed by atoms with Gasteiger partial charge in [-0.25, -0.2) is 9.37 Å². The van der Waals surface area contributed by atoms with E-state index in [4.69, 9.17) is 0 Å². The van der Waals surface area contributed by atoms with Crippen LogP contribution in [0, 0.1) is 5.82 Å². The number of amides is 1. The first-order valence-corrected chi connectivity index (χ1v) is 8.10. The molecule has 0 bridgehead atoms. The number of aromatic nitrogens is 3. The summed E-state index contributed by atoms with van der Waals surface area (Å²) in [5.41, 5.74) is 3.00. The standard InChI is InChI=1S/C20H15FN4O/c21-16-3-1-14(2-4-16)13-25-10-7-15-11-17(5-6-19(15)25)24-20(26)18-12-22-8-9-23-18/h1-12H,13H2,(H,24,26).